The summed E-state index contributed by atoms with van der Waals surface area (Å²) in [4.78, 5) is 10.7. The van der Waals surface area contributed by atoms with E-state index >= 15 is 0 Å². The first-order valence-corrected chi connectivity index (χ1v) is 4.94. The van der Waals surface area contributed by atoms with Gasteiger partial charge in [0.15, 0.2) is 0 Å². The van der Waals surface area contributed by atoms with Gasteiger partial charge in [-0.15, -0.1) is 0 Å². The zero-order valence-corrected chi connectivity index (χ0v) is 9.41. The van der Waals surface area contributed by atoms with Crippen molar-refractivity contribution < 1.29 is 9.53 Å². The van der Waals surface area contributed by atoms with E-state index in [2.05, 4.69) is 13.5 Å². The van der Waals surface area contributed by atoms with Gasteiger partial charge in [-0.25, -0.2) is 0 Å². The van der Waals surface area contributed by atoms with Gasteiger partial charge < -0.3 is 4.74 Å². The maximum absolute atomic E-state index is 10.7. The molecule has 80 valence electrons. The highest BCUT2D eigenvalue weighted by atomic mass is 16.5. The van der Waals surface area contributed by atoms with Gasteiger partial charge in [-0.1, -0.05) is 31.2 Å². The fourth-order valence-corrected chi connectivity index (χ4v) is 1.28. The van der Waals surface area contributed by atoms with Gasteiger partial charge in [-0.05, 0) is 24.6 Å². The average molecular weight is 204 g/mol. The highest BCUT2D eigenvalue weighted by Crippen LogP contribution is 2.24. The van der Waals surface area contributed by atoms with E-state index in [0.29, 0.717) is 11.7 Å². The van der Waals surface area contributed by atoms with Gasteiger partial charge in [0.05, 0.1) is 0 Å². The molecule has 2 heteroatoms. The van der Waals surface area contributed by atoms with E-state index in [9.17, 15) is 4.79 Å². The summed E-state index contributed by atoms with van der Waals surface area (Å²) in [5.41, 5.74) is 2.30. The summed E-state index contributed by atoms with van der Waals surface area (Å²) in [5, 5.41) is 0. The van der Waals surface area contributed by atoms with E-state index in [1.165, 1.54) is 12.5 Å². The fraction of sp³-hybridized carbons (Fsp3) is 0.308. The van der Waals surface area contributed by atoms with Crippen LogP contribution in [0, 0.1) is 0 Å². The van der Waals surface area contributed by atoms with Crippen LogP contribution in [0.3, 0.4) is 0 Å². The first-order valence-electron chi connectivity index (χ1n) is 4.94. The van der Waals surface area contributed by atoms with Crippen molar-refractivity contribution in [1.82, 2.24) is 0 Å². The molecule has 0 radical (unpaired) electrons. The van der Waals surface area contributed by atoms with Gasteiger partial charge in [-0.2, -0.15) is 0 Å². The molecule has 0 fully saturated rings. The summed E-state index contributed by atoms with van der Waals surface area (Å²) >= 11 is 0. The van der Waals surface area contributed by atoms with Crippen LogP contribution in [0.5, 0.6) is 5.75 Å². The predicted molar refractivity (Wildman–Crippen MR) is 61.0 cm³/mol. The molecule has 0 saturated carbocycles. The number of benzene rings is 1. The van der Waals surface area contributed by atoms with Crippen LogP contribution in [-0.4, -0.2) is 5.97 Å². The molecule has 0 saturated heterocycles. The van der Waals surface area contributed by atoms with Gasteiger partial charge in [0.1, 0.15) is 5.75 Å². The molecular weight excluding hydrogens is 188 g/mol. The molecule has 1 rings (SSSR count). The standard InChI is InChI=1S/C13H16O2/c1-9(2)10(3)12-5-7-13(8-6-12)15-11(4)14/h5-8,10H,1H2,2-4H3. The Morgan fingerprint density at radius 2 is 1.80 bits per heavy atom. The Kier molecular flexibility index (Phi) is 3.67. The van der Waals surface area contributed by atoms with Crippen LogP contribution in [0.15, 0.2) is 36.4 Å². The summed E-state index contributed by atoms with van der Waals surface area (Å²) < 4.78 is 4.95. The van der Waals surface area contributed by atoms with Crippen molar-refractivity contribution in [1.29, 1.82) is 0 Å². The van der Waals surface area contributed by atoms with Crippen LogP contribution in [-0.2, 0) is 4.79 Å². The third-order valence-electron chi connectivity index (χ3n) is 2.38. The highest BCUT2D eigenvalue weighted by Gasteiger charge is 2.06. The topological polar surface area (TPSA) is 26.3 Å². The van der Waals surface area contributed by atoms with Crippen LogP contribution < -0.4 is 4.74 Å². The van der Waals surface area contributed by atoms with Crippen molar-refractivity contribution in [2.45, 2.75) is 26.7 Å². The molecule has 1 unspecified atom stereocenters. The Bertz CT molecular complexity index is 363. The second-order valence-corrected chi connectivity index (χ2v) is 3.73. The largest absolute Gasteiger partial charge is 0.427 e. The molecule has 0 spiro atoms. The van der Waals surface area contributed by atoms with Crippen molar-refractivity contribution in [2.75, 3.05) is 0 Å². The molecule has 1 atom stereocenters. The third kappa shape index (κ3) is 3.24. The predicted octanol–water partition coefficient (Wildman–Crippen LogP) is 3.29. The number of hydrogen-bond donors (Lipinski definition) is 0. The second kappa shape index (κ2) is 4.78. The molecule has 0 amide bonds. The Morgan fingerprint density at radius 1 is 1.27 bits per heavy atom. The number of rotatable bonds is 3. The lowest BCUT2D eigenvalue weighted by Crippen LogP contribution is -2.01. The molecule has 0 heterocycles. The molecule has 1 aromatic rings. The first kappa shape index (κ1) is 11.5. The van der Waals surface area contributed by atoms with E-state index in [1.54, 1.807) is 12.1 Å². The summed E-state index contributed by atoms with van der Waals surface area (Å²) in [7, 11) is 0. The Labute approximate surface area is 90.6 Å². The van der Waals surface area contributed by atoms with Gasteiger partial charge in [0.2, 0.25) is 0 Å². The van der Waals surface area contributed by atoms with E-state index in [4.69, 9.17) is 4.74 Å². The zero-order chi connectivity index (χ0) is 11.4. The molecule has 0 aliphatic heterocycles. The SMILES string of the molecule is C=C(C)C(C)c1ccc(OC(C)=O)cc1. The summed E-state index contributed by atoms with van der Waals surface area (Å²) in [5.74, 6) is 0.618. The van der Waals surface area contributed by atoms with Gasteiger partial charge in [-0.3, -0.25) is 4.79 Å². The molecule has 15 heavy (non-hydrogen) atoms. The highest BCUT2D eigenvalue weighted by molar-refractivity contribution is 5.69. The first-order chi connectivity index (χ1) is 7.00. The van der Waals surface area contributed by atoms with E-state index in [0.717, 1.165) is 5.57 Å². The van der Waals surface area contributed by atoms with Crippen molar-refractivity contribution in [3.63, 3.8) is 0 Å². The summed E-state index contributed by atoms with van der Waals surface area (Å²) in [6, 6.07) is 7.52. The van der Waals surface area contributed by atoms with Crippen LogP contribution in [0.4, 0.5) is 0 Å². The molecular formula is C13H16O2. The molecule has 0 bridgehead atoms. The molecule has 0 aromatic heterocycles. The molecule has 0 aliphatic rings. The quantitative estimate of drug-likeness (QED) is 0.429. The van der Waals surface area contributed by atoms with Gasteiger partial charge >= 0.3 is 5.97 Å². The average Bonchev–Trinajstić information content (AvgIpc) is 2.17. The fourth-order valence-electron chi connectivity index (χ4n) is 1.28. The maximum Gasteiger partial charge on any atom is 0.308 e. The minimum Gasteiger partial charge on any atom is -0.427 e. The lowest BCUT2D eigenvalue weighted by molar-refractivity contribution is -0.131. The van der Waals surface area contributed by atoms with E-state index in [-0.39, 0.29) is 5.97 Å². The Morgan fingerprint density at radius 3 is 2.20 bits per heavy atom. The van der Waals surface area contributed by atoms with Crippen LogP contribution in [0.1, 0.15) is 32.3 Å². The Balaban J connectivity index is 2.80. The van der Waals surface area contributed by atoms with Gasteiger partial charge in [0, 0.05) is 12.8 Å². The van der Waals surface area contributed by atoms with E-state index < -0.39 is 0 Å². The minimum absolute atomic E-state index is 0.296. The van der Waals surface area contributed by atoms with Crippen molar-refractivity contribution >= 4 is 5.97 Å². The smallest absolute Gasteiger partial charge is 0.308 e. The van der Waals surface area contributed by atoms with Crippen molar-refractivity contribution in [2.24, 2.45) is 0 Å². The maximum atomic E-state index is 10.7. The number of esters is 1. The third-order valence-corrected chi connectivity index (χ3v) is 2.38. The molecule has 0 aliphatic carbocycles. The van der Waals surface area contributed by atoms with Gasteiger partial charge in [0.25, 0.3) is 0 Å². The molecule has 0 N–H and O–H groups in total. The van der Waals surface area contributed by atoms with Crippen molar-refractivity contribution in [3.05, 3.63) is 42.0 Å². The van der Waals surface area contributed by atoms with Crippen LogP contribution >= 0.6 is 0 Å². The second-order valence-electron chi connectivity index (χ2n) is 3.73. The Hall–Kier alpha value is -1.57. The number of allylic oxidation sites excluding steroid dienone is 1. The lowest BCUT2D eigenvalue weighted by Gasteiger charge is -2.11. The zero-order valence-electron chi connectivity index (χ0n) is 9.41. The van der Waals surface area contributed by atoms with E-state index in [1.807, 2.05) is 19.1 Å². The van der Waals surface area contributed by atoms with Crippen molar-refractivity contribution in [3.8, 4) is 5.75 Å². The number of ether oxygens (including phenoxy) is 1. The summed E-state index contributed by atoms with van der Waals surface area (Å²) in [6.45, 7) is 9.42. The minimum atomic E-state index is -0.296. The molecule has 2 nitrogen and oxygen atoms in total. The number of hydrogen-bond acceptors (Lipinski definition) is 2. The number of carbonyl (C=O) groups excluding carboxylic acids is 1. The molecule has 1 aromatic carbocycles. The van der Waals surface area contributed by atoms with Crippen LogP contribution in [0.25, 0.3) is 0 Å². The summed E-state index contributed by atoms with van der Waals surface area (Å²) in [6.07, 6.45) is 0. The normalized spacial score (nSPS) is 11.9. The van der Waals surface area contributed by atoms with Crippen LogP contribution in [0.2, 0.25) is 0 Å². The number of carbonyl (C=O) groups is 1. The monoisotopic (exact) mass is 204 g/mol. The lowest BCUT2D eigenvalue weighted by atomic mass is 9.95.